The van der Waals surface area contributed by atoms with Gasteiger partial charge in [-0.1, -0.05) is 39.0 Å². The van der Waals surface area contributed by atoms with Crippen molar-refractivity contribution in [2.24, 2.45) is 0 Å². The van der Waals surface area contributed by atoms with E-state index < -0.39 is 16.1 Å². The molecule has 0 fully saturated rings. The summed E-state index contributed by atoms with van der Waals surface area (Å²) in [7, 11) is -3.63. The van der Waals surface area contributed by atoms with Crippen molar-refractivity contribution in [1.29, 1.82) is 0 Å². The van der Waals surface area contributed by atoms with Gasteiger partial charge in [-0.05, 0) is 13.3 Å². The van der Waals surface area contributed by atoms with Gasteiger partial charge in [-0.15, -0.1) is 0 Å². The first-order valence-electron chi connectivity index (χ1n) is 6.19. The van der Waals surface area contributed by atoms with Crippen LogP contribution in [0.5, 0.6) is 0 Å². The fraction of sp³-hybridized carbons (Fsp3) is 0.909. The van der Waals surface area contributed by atoms with Crippen LogP contribution < -0.4 is 0 Å². The summed E-state index contributed by atoms with van der Waals surface area (Å²) in [6.07, 6.45) is 4.45. The van der Waals surface area contributed by atoms with Crippen LogP contribution in [0.15, 0.2) is 0 Å². The molecule has 0 radical (unpaired) electrons. The van der Waals surface area contributed by atoms with E-state index in [9.17, 15) is 13.2 Å². The van der Waals surface area contributed by atoms with E-state index in [1.807, 2.05) is 0 Å². The van der Waals surface area contributed by atoms with Gasteiger partial charge in [0.05, 0.1) is 5.75 Å². The third-order valence-electron chi connectivity index (χ3n) is 2.59. The smallest absolute Gasteiger partial charge is 0.421 e. The molecule has 0 atom stereocenters. The summed E-state index contributed by atoms with van der Waals surface area (Å²) >= 11 is 0. The summed E-state index contributed by atoms with van der Waals surface area (Å²) in [6.45, 7) is 3.62. The second-order valence-electron chi connectivity index (χ2n) is 4.03. The Morgan fingerprint density at radius 2 is 1.59 bits per heavy atom. The van der Waals surface area contributed by atoms with Crippen LogP contribution >= 0.6 is 0 Å². The molecule has 0 spiro atoms. The first-order valence-corrected chi connectivity index (χ1v) is 7.80. The van der Waals surface area contributed by atoms with Crippen LogP contribution in [0.1, 0.15) is 52.4 Å². The Hall–Kier alpha value is -0.780. The Balaban J connectivity index is 3.97. The van der Waals surface area contributed by atoms with Gasteiger partial charge in [-0.2, -0.15) is 0 Å². The molecule has 0 heterocycles. The average Bonchev–Trinajstić information content (AvgIpc) is 2.23. The molecule has 0 bridgehead atoms. The number of rotatable bonds is 9. The maximum absolute atomic E-state index is 11.6. The van der Waals surface area contributed by atoms with Crippen molar-refractivity contribution in [3.8, 4) is 0 Å². The van der Waals surface area contributed by atoms with Crippen LogP contribution in [-0.2, 0) is 10.0 Å². The lowest BCUT2D eigenvalue weighted by Gasteiger charge is -2.16. The van der Waals surface area contributed by atoms with Gasteiger partial charge in [0.25, 0.3) is 0 Å². The molecular formula is C11H23NO4S. The standard InChI is InChI=1S/C11H23NO4S/c1-3-5-6-7-8-9-10-17(15,16)12(4-2)11(13)14/h3-10H2,1-2H3,(H,13,14). The zero-order valence-corrected chi connectivity index (χ0v) is 11.5. The van der Waals surface area contributed by atoms with Crippen molar-refractivity contribution >= 4 is 16.1 Å². The molecule has 102 valence electrons. The highest BCUT2D eigenvalue weighted by Gasteiger charge is 2.24. The number of sulfonamides is 1. The fourth-order valence-electron chi connectivity index (χ4n) is 1.63. The van der Waals surface area contributed by atoms with Crippen LogP contribution in [-0.4, -0.2) is 36.2 Å². The van der Waals surface area contributed by atoms with E-state index in [-0.39, 0.29) is 12.3 Å². The monoisotopic (exact) mass is 265 g/mol. The molecule has 1 N–H and O–H groups in total. The van der Waals surface area contributed by atoms with Crippen LogP contribution in [0.4, 0.5) is 4.79 Å². The highest BCUT2D eigenvalue weighted by Crippen LogP contribution is 2.09. The van der Waals surface area contributed by atoms with E-state index in [1.54, 1.807) is 0 Å². The second kappa shape index (κ2) is 8.33. The molecular weight excluding hydrogens is 242 g/mol. The SMILES string of the molecule is CCCCCCCCS(=O)(=O)N(CC)C(=O)O. The van der Waals surface area contributed by atoms with Gasteiger partial charge in [0.2, 0.25) is 10.0 Å². The number of amides is 1. The second-order valence-corrected chi connectivity index (χ2v) is 6.04. The predicted molar refractivity (Wildman–Crippen MR) is 67.6 cm³/mol. The molecule has 0 unspecified atom stereocenters. The molecule has 5 nitrogen and oxygen atoms in total. The van der Waals surface area contributed by atoms with Gasteiger partial charge in [0, 0.05) is 6.54 Å². The summed E-state index contributed by atoms with van der Waals surface area (Å²) in [5.74, 6) is -0.0702. The molecule has 0 aliphatic carbocycles. The summed E-state index contributed by atoms with van der Waals surface area (Å²) in [5.41, 5.74) is 0. The molecule has 0 aromatic rings. The number of hydrogen-bond acceptors (Lipinski definition) is 3. The summed E-state index contributed by atoms with van der Waals surface area (Å²) in [6, 6.07) is 0. The lowest BCUT2D eigenvalue weighted by molar-refractivity contribution is 0.173. The van der Waals surface area contributed by atoms with E-state index in [1.165, 1.54) is 13.3 Å². The minimum atomic E-state index is -3.63. The van der Waals surface area contributed by atoms with Gasteiger partial charge in [0.1, 0.15) is 0 Å². The quantitative estimate of drug-likeness (QED) is 0.650. The molecule has 0 aliphatic heterocycles. The van der Waals surface area contributed by atoms with Gasteiger partial charge in [-0.25, -0.2) is 17.5 Å². The third-order valence-corrected chi connectivity index (χ3v) is 4.48. The summed E-state index contributed by atoms with van der Waals surface area (Å²) in [4.78, 5) is 10.7. The Morgan fingerprint density at radius 1 is 1.06 bits per heavy atom. The van der Waals surface area contributed by atoms with Crippen molar-refractivity contribution in [2.45, 2.75) is 52.4 Å². The first-order chi connectivity index (χ1) is 7.95. The Bertz CT molecular complexity index is 313. The zero-order chi connectivity index (χ0) is 13.3. The lowest BCUT2D eigenvalue weighted by Crippen LogP contribution is -2.37. The van der Waals surface area contributed by atoms with Gasteiger partial charge in [0.15, 0.2) is 0 Å². The van der Waals surface area contributed by atoms with Crippen molar-refractivity contribution in [3.05, 3.63) is 0 Å². The normalized spacial score (nSPS) is 11.4. The number of hydrogen-bond donors (Lipinski definition) is 1. The van der Waals surface area contributed by atoms with Gasteiger partial charge >= 0.3 is 6.09 Å². The molecule has 0 rings (SSSR count). The average molecular weight is 265 g/mol. The largest absolute Gasteiger partial charge is 0.464 e. The zero-order valence-electron chi connectivity index (χ0n) is 10.7. The minimum Gasteiger partial charge on any atom is -0.464 e. The highest BCUT2D eigenvalue weighted by atomic mass is 32.2. The molecule has 0 saturated carbocycles. The molecule has 1 amide bonds. The molecule has 0 aromatic heterocycles. The van der Waals surface area contributed by atoms with Crippen molar-refractivity contribution < 1.29 is 18.3 Å². The van der Waals surface area contributed by atoms with Crippen LogP contribution in [0, 0.1) is 0 Å². The molecule has 0 aliphatic rings. The number of carbonyl (C=O) groups is 1. The third kappa shape index (κ3) is 6.51. The number of nitrogens with zero attached hydrogens (tertiary/aromatic N) is 1. The number of carboxylic acid groups (broad SMARTS) is 1. The Morgan fingerprint density at radius 3 is 2.06 bits per heavy atom. The Kier molecular flexibility index (Phi) is 7.95. The van der Waals surface area contributed by atoms with E-state index in [2.05, 4.69) is 6.92 Å². The maximum atomic E-state index is 11.6. The predicted octanol–water partition coefficient (Wildman–Crippen LogP) is 2.68. The lowest BCUT2D eigenvalue weighted by atomic mass is 10.1. The number of unbranched alkanes of at least 4 members (excludes halogenated alkanes) is 5. The maximum Gasteiger partial charge on any atom is 0.421 e. The van der Waals surface area contributed by atoms with E-state index in [4.69, 9.17) is 5.11 Å². The Labute approximate surface area is 104 Å². The van der Waals surface area contributed by atoms with Crippen molar-refractivity contribution in [1.82, 2.24) is 4.31 Å². The molecule has 0 aromatic carbocycles. The van der Waals surface area contributed by atoms with Crippen LogP contribution in [0.25, 0.3) is 0 Å². The van der Waals surface area contributed by atoms with Crippen LogP contribution in [0.3, 0.4) is 0 Å². The fourth-order valence-corrected chi connectivity index (χ4v) is 3.05. The van der Waals surface area contributed by atoms with E-state index in [0.717, 1.165) is 25.7 Å². The minimum absolute atomic E-state index is 0.0203. The van der Waals surface area contributed by atoms with Gasteiger partial charge < -0.3 is 5.11 Å². The first kappa shape index (κ1) is 16.2. The summed E-state index contributed by atoms with van der Waals surface area (Å²) < 4.78 is 23.8. The van der Waals surface area contributed by atoms with Crippen molar-refractivity contribution in [2.75, 3.05) is 12.3 Å². The van der Waals surface area contributed by atoms with Crippen LogP contribution in [0.2, 0.25) is 0 Å². The summed E-state index contributed by atoms with van der Waals surface area (Å²) in [5, 5.41) is 8.73. The van der Waals surface area contributed by atoms with E-state index in [0.29, 0.717) is 10.7 Å². The van der Waals surface area contributed by atoms with Crippen molar-refractivity contribution in [3.63, 3.8) is 0 Å². The molecule has 6 heteroatoms. The van der Waals surface area contributed by atoms with E-state index >= 15 is 0 Å². The topological polar surface area (TPSA) is 74.7 Å². The molecule has 17 heavy (non-hydrogen) atoms. The molecule has 0 saturated heterocycles. The van der Waals surface area contributed by atoms with Gasteiger partial charge in [-0.3, -0.25) is 0 Å². The highest BCUT2D eigenvalue weighted by molar-refractivity contribution is 7.89.